The summed E-state index contributed by atoms with van der Waals surface area (Å²) >= 11 is 0. The number of ether oxygens (including phenoxy) is 1. The third-order valence-corrected chi connectivity index (χ3v) is 5.19. The fraction of sp³-hybridized carbons (Fsp3) is 0.381. The number of carbonyl (C=O) groups is 1. The molecule has 0 spiro atoms. The van der Waals surface area contributed by atoms with E-state index in [0.29, 0.717) is 31.9 Å². The molecule has 0 saturated carbocycles. The Kier molecular flexibility index (Phi) is 6.17. The van der Waals surface area contributed by atoms with Gasteiger partial charge in [0, 0.05) is 32.6 Å². The largest absolute Gasteiger partial charge is 0.573 e. The number of furan rings is 1. The van der Waals surface area contributed by atoms with Crippen LogP contribution in [-0.4, -0.2) is 45.0 Å². The highest BCUT2D eigenvalue weighted by Gasteiger charge is 2.31. The van der Waals surface area contributed by atoms with Gasteiger partial charge in [-0.05, 0) is 36.8 Å². The Bertz CT molecular complexity index is 1050. The van der Waals surface area contributed by atoms with Gasteiger partial charge >= 0.3 is 6.36 Å². The Balaban J connectivity index is 1.36. The molecule has 1 aliphatic rings. The summed E-state index contributed by atoms with van der Waals surface area (Å²) in [7, 11) is 0. The number of benzene rings is 1. The van der Waals surface area contributed by atoms with E-state index in [1.807, 2.05) is 11.5 Å². The van der Waals surface area contributed by atoms with E-state index in [4.69, 9.17) is 4.42 Å². The number of rotatable bonds is 6. The second-order valence-electron chi connectivity index (χ2n) is 7.52. The van der Waals surface area contributed by atoms with Crippen molar-refractivity contribution in [1.82, 2.24) is 25.0 Å². The predicted molar refractivity (Wildman–Crippen MR) is 107 cm³/mol. The zero-order chi connectivity index (χ0) is 22.7. The van der Waals surface area contributed by atoms with Gasteiger partial charge in [-0.2, -0.15) is 0 Å². The Labute approximate surface area is 182 Å². The molecule has 32 heavy (non-hydrogen) atoms. The van der Waals surface area contributed by atoms with E-state index in [2.05, 4.69) is 25.2 Å². The van der Waals surface area contributed by atoms with Crippen LogP contribution >= 0.6 is 0 Å². The molecule has 0 saturated heterocycles. The summed E-state index contributed by atoms with van der Waals surface area (Å²) in [6, 6.07) is 8.77. The molecule has 4 rings (SSSR count). The summed E-state index contributed by atoms with van der Waals surface area (Å²) in [6.07, 6.45) is -2.59. The zero-order valence-corrected chi connectivity index (χ0v) is 17.3. The number of alkyl halides is 3. The monoisotopic (exact) mass is 449 g/mol. The van der Waals surface area contributed by atoms with Crippen LogP contribution in [0.4, 0.5) is 13.2 Å². The molecule has 1 atom stereocenters. The van der Waals surface area contributed by atoms with Crippen LogP contribution in [0.25, 0.3) is 0 Å². The highest BCUT2D eigenvalue weighted by molar-refractivity contribution is 5.91. The summed E-state index contributed by atoms with van der Waals surface area (Å²) in [4.78, 5) is 14.5. The lowest BCUT2D eigenvalue weighted by Gasteiger charge is -2.20. The van der Waals surface area contributed by atoms with Crippen molar-refractivity contribution in [2.75, 3.05) is 13.1 Å². The van der Waals surface area contributed by atoms with Crippen LogP contribution in [0.3, 0.4) is 0 Å². The van der Waals surface area contributed by atoms with Crippen molar-refractivity contribution in [2.24, 2.45) is 0 Å². The van der Waals surface area contributed by atoms with E-state index in [0.717, 1.165) is 17.9 Å². The molecule has 0 bridgehead atoms. The van der Waals surface area contributed by atoms with Crippen molar-refractivity contribution in [1.29, 1.82) is 0 Å². The standard InChI is InChI=1S/C21H22F3N5O3/c1-14(25-20(30)17-3-2-12-31-17)19-27-26-18-8-9-28(10-11-29(18)19)13-15-4-6-16(7-5-15)32-21(22,23)24/h2-7,12,14H,8-11,13H2,1H3,(H,25,30). The lowest BCUT2D eigenvalue weighted by atomic mass is 10.2. The first-order valence-electron chi connectivity index (χ1n) is 10.1. The molecule has 0 aliphatic carbocycles. The molecular formula is C21H22F3N5O3. The van der Waals surface area contributed by atoms with Gasteiger partial charge in [0.15, 0.2) is 11.6 Å². The maximum atomic E-state index is 12.3. The van der Waals surface area contributed by atoms with Crippen molar-refractivity contribution in [2.45, 2.75) is 38.8 Å². The Morgan fingerprint density at radius 2 is 1.97 bits per heavy atom. The molecule has 0 radical (unpaired) electrons. The number of fused-ring (bicyclic) bond motifs is 1. The smallest absolute Gasteiger partial charge is 0.459 e. The van der Waals surface area contributed by atoms with Gasteiger partial charge in [0.25, 0.3) is 5.91 Å². The number of carbonyl (C=O) groups excluding carboxylic acids is 1. The molecule has 11 heteroatoms. The lowest BCUT2D eigenvalue weighted by molar-refractivity contribution is -0.274. The van der Waals surface area contributed by atoms with Crippen molar-refractivity contribution < 1.29 is 27.1 Å². The summed E-state index contributed by atoms with van der Waals surface area (Å²) in [5.74, 6) is 1.16. The molecule has 170 valence electrons. The molecule has 1 aliphatic heterocycles. The maximum absolute atomic E-state index is 12.3. The minimum absolute atomic E-state index is 0.227. The van der Waals surface area contributed by atoms with E-state index in [1.54, 1.807) is 24.3 Å². The van der Waals surface area contributed by atoms with E-state index >= 15 is 0 Å². The second-order valence-corrected chi connectivity index (χ2v) is 7.52. The fourth-order valence-electron chi connectivity index (χ4n) is 3.66. The first-order chi connectivity index (χ1) is 15.3. The molecule has 2 aromatic heterocycles. The molecule has 1 aromatic carbocycles. The minimum Gasteiger partial charge on any atom is -0.459 e. The normalized spacial score (nSPS) is 15.6. The lowest BCUT2D eigenvalue weighted by Crippen LogP contribution is -2.30. The first-order valence-corrected chi connectivity index (χ1v) is 10.1. The van der Waals surface area contributed by atoms with Gasteiger partial charge in [-0.1, -0.05) is 12.1 Å². The number of nitrogens with zero attached hydrogens (tertiary/aromatic N) is 4. The van der Waals surface area contributed by atoms with Gasteiger partial charge < -0.3 is 19.0 Å². The van der Waals surface area contributed by atoms with Gasteiger partial charge in [-0.3, -0.25) is 9.69 Å². The van der Waals surface area contributed by atoms with Crippen molar-refractivity contribution in [3.8, 4) is 5.75 Å². The third kappa shape index (κ3) is 5.28. The molecule has 1 N–H and O–H groups in total. The van der Waals surface area contributed by atoms with E-state index in [9.17, 15) is 18.0 Å². The fourth-order valence-corrected chi connectivity index (χ4v) is 3.66. The van der Waals surface area contributed by atoms with Crippen LogP contribution in [0.5, 0.6) is 5.75 Å². The Morgan fingerprint density at radius 1 is 1.19 bits per heavy atom. The zero-order valence-electron chi connectivity index (χ0n) is 17.3. The van der Waals surface area contributed by atoms with Crippen LogP contribution in [0, 0.1) is 0 Å². The molecular weight excluding hydrogens is 427 g/mol. The quantitative estimate of drug-likeness (QED) is 0.622. The molecule has 3 aromatic rings. The second kappa shape index (κ2) is 9.03. The third-order valence-electron chi connectivity index (χ3n) is 5.19. The molecule has 8 nitrogen and oxygen atoms in total. The average molecular weight is 449 g/mol. The van der Waals surface area contributed by atoms with Gasteiger partial charge in [0.1, 0.15) is 11.6 Å². The van der Waals surface area contributed by atoms with Gasteiger partial charge in [0.05, 0.1) is 12.3 Å². The summed E-state index contributed by atoms with van der Waals surface area (Å²) < 4.78 is 48.0. The van der Waals surface area contributed by atoms with Gasteiger partial charge in [0.2, 0.25) is 0 Å². The van der Waals surface area contributed by atoms with Crippen LogP contribution in [0.1, 0.15) is 40.7 Å². The van der Waals surface area contributed by atoms with E-state index in [-0.39, 0.29) is 23.5 Å². The SMILES string of the molecule is CC(NC(=O)c1ccco1)c1nnc2n1CCN(Cc1ccc(OC(F)(F)F)cc1)CC2. The first kappa shape index (κ1) is 21.9. The number of hydrogen-bond acceptors (Lipinski definition) is 6. The van der Waals surface area contributed by atoms with Crippen LogP contribution < -0.4 is 10.1 Å². The van der Waals surface area contributed by atoms with Gasteiger partial charge in [-0.15, -0.1) is 23.4 Å². The Morgan fingerprint density at radius 3 is 2.66 bits per heavy atom. The maximum Gasteiger partial charge on any atom is 0.573 e. The minimum atomic E-state index is -4.70. The Hall–Kier alpha value is -3.34. The van der Waals surface area contributed by atoms with Crippen LogP contribution in [0.15, 0.2) is 47.1 Å². The van der Waals surface area contributed by atoms with Crippen molar-refractivity contribution >= 4 is 5.91 Å². The number of amides is 1. The van der Waals surface area contributed by atoms with Crippen molar-refractivity contribution in [3.63, 3.8) is 0 Å². The number of aromatic nitrogens is 3. The molecule has 1 amide bonds. The number of nitrogens with one attached hydrogen (secondary N) is 1. The highest BCUT2D eigenvalue weighted by atomic mass is 19.4. The predicted octanol–water partition coefficient (Wildman–Crippen LogP) is 3.32. The van der Waals surface area contributed by atoms with E-state index < -0.39 is 6.36 Å². The molecule has 0 fully saturated rings. The number of hydrogen-bond donors (Lipinski definition) is 1. The van der Waals surface area contributed by atoms with Gasteiger partial charge in [-0.25, -0.2) is 0 Å². The van der Waals surface area contributed by atoms with Crippen LogP contribution in [0.2, 0.25) is 0 Å². The average Bonchev–Trinajstić information content (AvgIpc) is 3.37. The number of halogens is 3. The topological polar surface area (TPSA) is 85.4 Å². The molecule has 1 unspecified atom stereocenters. The molecule has 3 heterocycles. The van der Waals surface area contributed by atoms with E-state index in [1.165, 1.54) is 18.4 Å². The highest BCUT2D eigenvalue weighted by Crippen LogP contribution is 2.23. The summed E-state index contributed by atoms with van der Waals surface area (Å²) in [5, 5.41) is 11.4. The van der Waals surface area contributed by atoms with Crippen molar-refractivity contribution in [3.05, 3.63) is 65.6 Å². The summed E-state index contributed by atoms with van der Waals surface area (Å²) in [5.41, 5.74) is 0.886. The van der Waals surface area contributed by atoms with Crippen LogP contribution in [-0.2, 0) is 19.5 Å². The summed E-state index contributed by atoms with van der Waals surface area (Å²) in [6.45, 7) is 4.49.